The van der Waals surface area contributed by atoms with Crippen molar-refractivity contribution < 1.29 is 4.42 Å². The van der Waals surface area contributed by atoms with Crippen molar-refractivity contribution in [1.82, 2.24) is 0 Å². The average Bonchev–Trinajstić information content (AvgIpc) is 3.74. The summed E-state index contributed by atoms with van der Waals surface area (Å²) in [6.45, 7) is 2.37. The van der Waals surface area contributed by atoms with Crippen molar-refractivity contribution in [3.8, 4) is 22.3 Å². The molecule has 0 fully saturated rings. The zero-order valence-electron chi connectivity index (χ0n) is 29.8. The predicted molar refractivity (Wildman–Crippen MR) is 226 cm³/mol. The molecule has 1 aromatic heterocycles. The van der Waals surface area contributed by atoms with Crippen molar-refractivity contribution in [2.75, 3.05) is 4.90 Å². The van der Waals surface area contributed by atoms with E-state index in [9.17, 15) is 0 Å². The highest BCUT2D eigenvalue weighted by molar-refractivity contribution is 6.15. The lowest BCUT2D eigenvalue weighted by Crippen LogP contribution is -2.22. The van der Waals surface area contributed by atoms with Crippen LogP contribution in [0.3, 0.4) is 0 Å². The van der Waals surface area contributed by atoms with Crippen LogP contribution in [0, 0.1) is 0 Å². The number of nitrogens with zero attached hydrogens (tertiary/aromatic N) is 1. The van der Waals surface area contributed by atoms with Crippen LogP contribution in [0.25, 0.3) is 65.7 Å². The van der Waals surface area contributed by atoms with Gasteiger partial charge in [0.05, 0.1) is 5.69 Å². The van der Waals surface area contributed by atoms with Crippen LogP contribution in [0.5, 0.6) is 0 Å². The Morgan fingerprint density at radius 3 is 1.78 bits per heavy atom. The molecular weight excluding hydrogens is 655 g/mol. The minimum atomic E-state index is -0.273. The Morgan fingerprint density at radius 1 is 0.407 bits per heavy atom. The zero-order valence-corrected chi connectivity index (χ0v) is 29.8. The van der Waals surface area contributed by atoms with E-state index in [1.165, 1.54) is 60.5 Å². The third-order valence-corrected chi connectivity index (χ3v) is 11.7. The van der Waals surface area contributed by atoms with Gasteiger partial charge in [-0.05, 0) is 104 Å². The van der Waals surface area contributed by atoms with Crippen molar-refractivity contribution in [3.63, 3.8) is 0 Å². The topological polar surface area (TPSA) is 16.4 Å². The quantitative estimate of drug-likeness (QED) is 0.167. The van der Waals surface area contributed by atoms with Gasteiger partial charge in [0, 0.05) is 39.0 Å². The molecule has 0 bridgehead atoms. The van der Waals surface area contributed by atoms with E-state index >= 15 is 0 Å². The first-order chi connectivity index (χ1) is 26.6. The molecule has 0 radical (unpaired) electrons. The Labute approximate surface area is 314 Å². The molecule has 0 saturated heterocycles. The van der Waals surface area contributed by atoms with Gasteiger partial charge in [-0.25, -0.2) is 0 Å². The third kappa shape index (κ3) is 4.53. The van der Waals surface area contributed by atoms with E-state index in [-0.39, 0.29) is 5.41 Å². The highest BCUT2D eigenvalue weighted by atomic mass is 16.3. The Bertz CT molecular complexity index is 3020. The second-order valence-electron chi connectivity index (χ2n) is 14.6. The molecule has 0 spiro atoms. The third-order valence-electron chi connectivity index (χ3n) is 11.7. The number of benzene rings is 9. The SMILES string of the molecule is CC1(c2ccc3oc4cc(N(c5ccc(-c6ccccc6)cc5)c5cc6ccccc6c6ccccc56)ccc4c3c2)c2ccccc2-c2ccccc21. The molecule has 1 heterocycles. The molecule has 54 heavy (non-hydrogen) atoms. The minimum absolute atomic E-state index is 0.273. The molecule has 0 unspecified atom stereocenters. The number of hydrogen-bond donors (Lipinski definition) is 0. The van der Waals surface area contributed by atoms with Gasteiger partial charge in [0.2, 0.25) is 0 Å². The summed E-state index contributed by atoms with van der Waals surface area (Å²) in [6, 6.07) is 70.4. The monoisotopic (exact) mass is 689 g/mol. The van der Waals surface area contributed by atoms with E-state index in [0.29, 0.717) is 0 Å². The molecule has 9 aromatic carbocycles. The van der Waals surface area contributed by atoms with Gasteiger partial charge in [0.25, 0.3) is 0 Å². The van der Waals surface area contributed by atoms with Gasteiger partial charge in [0.15, 0.2) is 0 Å². The molecule has 0 aliphatic heterocycles. The molecule has 254 valence electrons. The van der Waals surface area contributed by atoms with Crippen molar-refractivity contribution in [2.45, 2.75) is 12.3 Å². The molecule has 1 aliphatic rings. The molecule has 10 aromatic rings. The van der Waals surface area contributed by atoms with Crippen LogP contribution in [0.2, 0.25) is 0 Å². The van der Waals surface area contributed by atoms with Crippen molar-refractivity contribution >= 4 is 60.5 Å². The summed E-state index contributed by atoms with van der Waals surface area (Å²) in [5, 5.41) is 7.13. The normalized spacial score (nSPS) is 13.1. The average molecular weight is 690 g/mol. The Kier molecular flexibility index (Phi) is 6.72. The van der Waals surface area contributed by atoms with Crippen molar-refractivity contribution in [1.29, 1.82) is 0 Å². The van der Waals surface area contributed by atoms with E-state index in [1.807, 2.05) is 0 Å². The summed E-state index contributed by atoms with van der Waals surface area (Å²) < 4.78 is 6.71. The summed E-state index contributed by atoms with van der Waals surface area (Å²) in [6.07, 6.45) is 0. The molecule has 0 saturated carbocycles. The first-order valence-corrected chi connectivity index (χ1v) is 18.7. The number of fused-ring (bicyclic) bond motifs is 9. The van der Waals surface area contributed by atoms with Crippen LogP contribution in [0.1, 0.15) is 23.6 Å². The molecule has 1 aliphatic carbocycles. The molecule has 0 atom stereocenters. The van der Waals surface area contributed by atoms with Crippen LogP contribution in [-0.4, -0.2) is 0 Å². The maximum Gasteiger partial charge on any atom is 0.137 e. The molecule has 2 heteroatoms. The highest BCUT2D eigenvalue weighted by Gasteiger charge is 2.40. The van der Waals surface area contributed by atoms with Crippen LogP contribution in [0.15, 0.2) is 199 Å². The van der Waals surface area contributed by atoms with E-state index in [2.05, 4.69) is 206 Å². The maximum atomic E-state index is 6.71. The Hall–Kier alpha value is -6.90. The smallest absolute Gasteiger partial charge is 0.137 e. The fourth-order valence-corrected chi connectivity index (χ4v) is 9.06. The van der Waals surface area contributed by atoms with E-state index in [4.69, 9.17) is 4.42 Å². The van der Waals surface area contributed by atoms with Crippen LogP contribution < -0.4 is 4.90 Å². The maximum absolute atomic E-state index is 6.71. The van der Waals surface area contributed by atoms with Gasteiger partial charge < -0.3 is 9.32 Å². The summed E-state index contributed by atoms with van der Waals surface area (Å²) in [7, 11) is 0. The van der Waals surface area contributed by atoms with Gasteiger partial charge in [-0.2, -0.15) is 0 Å². The van der Waals surface area contributed by atoms with Crippen molar-refractivity contribution in [2.24, 2.45) is 0 Å². The summed E-state index contributed by atoms with van der Waals surface area (Å²) in [5.74, 6) is 0. The fraction of sp³-hybridized carbons (Fsp3) is 0.0385. The summed E-state index contributed by atoms with van der Waals surface area (Å²) in [4.78, 5) is 2.38. The fourth-order valence-electron chi connectivity index (χ4n) is 9.06. The Morgan fingerprint density at radius 2 is 1.02 bits per heavy atom. The minimum Gasteiger partial charge on any atom is -0.456 e. The van der Waals surface area contributed by atoms with Gasteiger partial charge >= 0.3 is 0 Å². The number of furan rings is 1. The van der Waals surface area contributed by atoms with Crippen LogP contribution in [0.4, 0.5) is 17.1 Å². The zero-order chi connectivity index (χ0) is 35.8. The second-order valence-corrected chi connectivity index (χ2v) is 14.6. The summed E-state index contributed by atoms with van der Waals surface area (Å²) in [5.41, 5.74) is 13.7. The lowest BCUT2D eigenvalue weighted by molar-refractivity contribution is 0.667. The Balaban J connectivity index is 1.09. The lowest BCUT2D eigenvalue weighted by atomic mass is 9.74. The van der Waals surface area contributed by atoms with Gasteiger partial charge in [-0.1, -0.05) is 146 Å². The van der Waals surface area contributed by atoms with Gasteiger partial charge in [0.1, 0.15) is 11.2 Å². The highest BCUT2D eigenvalue weighted by Crippen LogP contribution is 2.53. The predicted octanol–water partition coefficient (Wildman–Crippen LogP) is 14.4. The van der Waals surface area contributed by atoms with Crippen LogP contribution >= 0.6 is 0 Å². The number of rotatable bonds is 5. The first kappa shape index (κ1) is 30.7. The van der Waals surface area contributed by atoms with Crippen molar-refractivity contribution in [3.05, 3.63) is 211 Å². The van der Waals surface area contributed by atoms with E-state index in [1.54, 1.807) is 0 Å². The van der Waals surface area contributed by atoms with E-state index in [0.717, 1.165) is 39.0 Å². The summed E-state index contributed by atoms with van der Waals surface area (Å²) >= 11 is 0. The van der Waals surface area contributed by atoms with Gasteiger partial charge in [-0.15, -0.1) is 0 Å². The molecular formula is C52H35NO. The lowest BCUT2D eigenvalue weighted by Gasteiger charge is -2.28. The first-order valence-electron chi connectivity index (χ1n) is 18.7. The largest absolute Gasteiger partial charge is 0.456 e. The standard InChI is InChI=1S/C52H35NO/c1-52(47-21-11-9-18-42(47)43-19-10-12-22-48(43)52)37-25-30-50-46(32-37)45-29-28-39(33-51(45)54-50)53(38-26-23-35(24-27-38)34-13-3-2-4-14-34)49-31-36-15-5-6-16-40(36)41-17-7-8-20-44(41)49/h2-33H,1H3. The number of anilines is 3. The van der Waals surface area contributed by atoms with Gasteiger partial charge in [-0.3, -0.25) is 0 Å². The van der Waals surface area contributed by atoms with Crippen LogP contribution in [-0.2, 0) is 5.41 Å². The number of hydrogen-bond acceptors (Lipinski definition) is 2. The van der Waals surface area contributed by atoms with E-state index < -0.39 is 0 Å². The molecule has 2 nitrogen and oxygen atoms in total. The molecule has 0 N–H and O–H groups in total. The molecule has 11 rings (SSSR count). The second kappa shape index (κ2) is 11.8. The molecule has 0 amide bonds.